The summed E-state index contributed by atoms with van der Waals surface area (Å²) < 4.78 is 0. The number of carbonyl (C=O) groups excluding carboxylic acids is 1. The van der Waals surface area contributed by atoms with Crippen LogP contribution >= 0.6 is 11.3 Å². The maximum absolute atomic E-state index is 12.5. The molecule has 0 unspecified atom stereocenters. The molecule has 1 N–H and O–H groups in total. The summed E-state index contributed by atoms with van der Waals surface area (Å²) in [6, 6.07) is 4.58. The third-order valence-corrected chi connectivity index (χ3v) is 6.16. The van der Waals surface area contributed by atoms with Crippen molar-refractivity contribution in [1.29, 1.82) is 0 Å². The molecule has 2 aromatic heterocycles. The Morgan fingerprint density at radius 1 is 1.33 bits per heavy atom. The summed E-state index contributed by atoms with van der Waals surface area (Å²) >= 11 is 1.64. The van der Waals surface area contributed by atoms with Gasteiger partial charge in [-0.3, -0.25) is 19.7 Å². The number of rotatable bonds is 7. The molecule has 27 heavy (non-hydrogen) atoms. The quantitative estimate of drug-likeness (QED) is 0.779. The van der Waals surface area contributed by atoms with Gasteiger partial charge in [0.25, 0.3) is 5.91 Å². The molecular weight excluding hydrogens is 356 g/mol. The first-order valence-corrected chi connectivity index (χ1v) is 10.6. The van der Waals surface area contributed by atoms with Crippen molar-refractivity contribution in [3.63, 3.8) is 0 Å². The van der Waals surface area contributed by atoms with Crippen LogP contribution in [-0.2, 0) is 6.42 Å². The van der Waals surface area contributed by atoms with E-state index in [0.29, 0.717) is 24.4 Å². The lowest BCUT2D eigenvalue weighted by Crippen LogP contribution is -2.27. The second-order valence-electron chi connectivity index (χ2n) is 8.41. The van der Waals surface area contributed by atoms with Crippen LogP contribution < -0.4 is 5.32 Å². The number of thiophene rings is 1. The van der Waals surface area contributed by atoms with Crippen molar-refractivity contribution in [3.8, 4) is 0 Å². The fourth-order valence-corrected chi connectivity index (χ4v) is 4.49. The number of nitrogens with one attached hydrogen (secondary N) is 1. The maximum atomic E-state index is 12.5. The summed E-state index contributed by atoms with van der Waals surface area (Å²) in [5.41, 5.74) is 1.25. The Kier molecular flexibility index (Phi) is 6.60. The molecule has 3 heterocycles. The monoisotopic (exact) mass is 386 g/mol. The van der Waals surface area contributed by atoms with Crippen molar-refractivity contribution in [2.75, 3.05) is 19.6 Å². The second kappa shape index (κ2) is 8.93. The van der Waals surface area contributed by atoms with Gasteiger partial charge in [-0.15, -0.1) is 11.3 Å². The first-order valence-electron chi connectivity index (χ1n) is 9.79. The maximum Gasteiger partial charge on any atom is 0.261 e. The van der Waals surface area contributed by atoms with Gasteiger partial charge in [0.1, 0.15) is 0 Å². The fraction of sp³-hybridized carbons (Fsp3) is 0.571. The summed E-state index contributed by atoms with van der Waals surface area (Å²) in [5.74, 6) is 0.00868. The lowest BCUT2D eigenvalue weighted by molar-refractivity contribution is 0.0958. The molecule has 1 fully saturated rings. The van der Waals surface area contributed by atoms with Gasteiger partial charge in [0, 0.05) is 42.5 Å². The average molecular weight is 387 g/mol. The van der Waals surface area contributed by atoms with E-state index in [1.54, 1.807) is 29.9 Å². The lowest BCUT2D eigenvalue weighted by atomic mass is 9.92. The van der Waals surface area contributed by atoms with Crippen molar-refractivity contribution >= 4 is 17.2 Å². The Balaban J connectivity index is 1.53. The van der Waals surface area contributed by atoms with Gasteiger partial charge in [-0.05, 0) is 49.9 Å². The van der Waals surface area contributed by atoms with E-state index in [-0.39, 0.29) is 5.91 Å². The normalized spacial score (nSPS) is 18.0. The molecule has 3 rings (SSSR count). The van der Waals surface area contributed by atoms with E-state index in [1.165, 1.54) is 24.1 Å². The van der Waals surface area contributed by atoms with Gasteiger partial charge in [-0.25, -0.2) is 0 Å². The Morgan fingerprint density at radius 2 is 2.19 bits per heavy atom. The molecule has 1 saturated heterocycles. The number of carbonyl (C=O) groups is 1. The third-order valence-electron chi connectivity index (χ3n) is 4.98. The van der Waals surface area contributed by atoms with Gasteiger partial charge >= 0.3 is 0 Å². The van der Waals surface area contributed by atoms with Gasteiger partial charge in [0.15, 0.2) is 0 Å². The van der Waals surface area contributed by atoms with Gasteiger partial charge in [-0.1, -0.05) is 20.8 Å². The van der Waals surface area contributed by atoms with Gasteiger partial charge < -0.3 is 5.32 Å². The third kappa shape index (κ3) is 5.84. The minimum atomic E-state index is 0.00868. The first-order chi connectivity index (χ1) is 12.9. The number of hydrogen-bond donors (Lipinski definition) is 1. The van der Waals surface area contributed by atoms with E-state index in [4.69, 9.17) is 0 Å². The molecule has 1 amide bonds. The van der Waals surface area contributed by atoms with Crippen molar-refractivity contribution in [2.24, 2.45) is 5.41 Å². The number of amides is 1. The molecule has 0 bridgehead atoms. The van der Waals surface area contributed by atoms with Crippen LogP contribution in [-0.4, -0.2) is 40.4 Å². The molecule has 1 aliphatic rings. The molecule has 0 spiro atoms. The molecular formula is C21H30N4OS. The van der Waals surface area contributed by atoms with Crippen LogP contribution in [0.3, 0.4) is 0 Å². The van der Waals surface area contributed by atoms with E-state index < -0.39 is 0 Å². The van der Waals surface area contributed by atoms with Crippen LogP contribution in [0.5, 0.6) is 0 Å². The van der Waals surface area contributed by atoms with E-state index in [0.717, 1.165) is 23.7 Å². The number of nitrogens with zero attached hydrogens (tertiary/aromatic N) is 3. The van der Waals surface area contributed by atoms with E-state index in [1.807, 2.05) is 6.07 Å². The van der Waals surface area contributed by atoms with Crippen molar-refractivity contribution in [2.45, 2.75) is 52.5 Å². The zero-order valence-corrected chi connectivity index (χ0v) is 17.4. The molecule has 2 aromatic rings. The lowest BCUT2D eigenvalue weighted by Gasteiger charge is -2.27. The van der Waals surface area contributed by atoms with Gasteiger partial charge in [-0.2, -0.15) is 0 Å². The molecule has 5 nitrogen and oxygen atoms in total. The van der Waals surface area contributed by atoms with Crippen LogP contribution in [0.2, 0.25) is 0 Å². The highest BCUT2D eigenvalue weighted by atomic mass is 32.1. The summed E-state index contributed by atoms with van der Waals surface area (Å²) in [6.07, 6.45) is 9.40. The van der Waals surface area contributed by atoms with Crippen LogP contribution in [0, 0.1) is 5.41 Å². The second-order valence-corrected chi connectivity index (χ2v) is 9.52. The minimum absolute atomic E-state index is 0.00868. The van der Waals surface area contributed by atoms with Gasteiger partial charge in [0.2, 0.25) is 0 Å². The standard InChI is InChI=1S/C21H30N4OS/c1-21(2,3)9-14-25-13-4-5-17(25)18-6-7-19(27-18)20(26)24-10-8-16-15-22-11-12-23-16/h6-7,11-12,15,17H,4-5,8-10,13-14H2,1-3H3,(H,24,26)/t17-/m0/s1. The number of likely N-dealkylation sites (tertiary alicyclic amines) is 1. The smallest absolute Gasteiger partial charge is 0.261 e. The number of hydrogen-bond acceptors (Lipinski definition) is 5. The van der Waals surface area contributed by atoms with Crippen molar-refractivity contribution in [3.05, 3.63) is 46.2 Å². The molecule has 0 aliphatic carbocycles. The van der Waals surface area contributed by atoms with Crippen LogP contribution in [0.15, 0.2) is 30.7 Å². The molecule has 1 aliphatic heterocycles. The van der Waals surface area contributed by atoms with Gasteiger partial charge in [0.05, 0.1) is 10.6 Å². The van der Waals surface area contributed by atoms with E-state index >= 15 is 0 Å². The Morgan fingerprint density at radius 3 is 2.93 bits per heavy atom. The summed E-state index contributed by atoms with van der Waals surface area (Å²) in [4.78, 5) is 25.4. The van der Waals surface area contributed by atoms with Crippen LogP contribution in [0.1, 0.15) is 66.3 Å². The molecule has 0 radical (unpaired) electrons. The van der Waals surface area contributed by atoms with Crippen molar-refractivity contribution < 1.29 is 4.79 Å². The Bertz CT molecular complexity index is 738. The van der Waals surface area contributed by atoms with Crippen LogP contribution in [0.4, 0.5) is 0 Å². The summed E-state index contributed by atoms with van der Waals surface area (Å²) in [7, 11) is 0. The predicted octanol–water partition coefficient (Wildman–Crippen LogP) is 4.08. The zero-order chi connectivity index (χ0) is 19.3. The highest BCUT2D eigenvalue weighted by molar-refractivity contribution is 7.14. The van der Waals surface area contributed by atoms with E-state index in [2.05, 4.69) is 47.0 Å². The summed E-state index contributed by atoms with van der Waals surface area (Å²) in [6.45, 7) is 9.77. The fourth-order valence-electron chi connectivity index (χ4n) is 3.40. The van der Waals surface area contributed by atoms with Crippen molar-refractivity contribution in [1.82, 2.24) is 20.2 Å². The zero-order valence-electron chi connectivity index (χ0n) is 16.6. The molecule has 146 valence electrons. The molecule has 0 aromatic carbocycles. The molecule has 0 saturated carbocycles. The molecule has 6 heteroatoms. The minimum Gasteiger partial charge on any atom is -0.351 e. The topological polar surface area (TPSA) is 58.1 Å². The summed E-state index contributed by atoms with van der Waals surface area (Å²) in [5, 5.41) is 3.00. The van der Waals surface area contributed by atoms with Crippen LogP contribution in [0.25, 0.3) is 0 Å². The highest BCUT2D eigenvalue weighted by Crippen LogP contribution is 2.36. The largest absolute Gasteiger partial charge is 0.351 e. The first kappa shape index (κ1) is 20.0. The SMILES string of the molecule is CC(C)(C)CCN1CCC[C@H]1c1ccc(C(=O)NCCc2cnccn2)s1. The molecule has 1 atom stereocenters. The highest BCUT2D eigenvalue weighted by Gasteiger charge is 2.28. The number of aromatic nitrogens is 2. The van der Waals surface area contributed by atoms with E-state index in [9.17, 15) is 4.79 Å². The Labute approximate surface area is 166 Å². The Hall–Kier alpha value is -1.79. The predicted molar refractivity (Wildman–Crippen MR) is 110 cm³/mol. The average Bonchev–Trinajstić information content (AvgIpc) is 3.29.